The van der Waals surface area contributed by atoms with Crippen LogP contribution in [0, 0.1) is 0 Å². The minimum atomic E-state index is 0.0981. The van der Waals surface area contributed by atoms with Crippen LogP contribution in [0.3, 0.4) is 0 Å². The van der Waals surface area contributed by atoms with Crippen molar-refractivity contribution >= 4 is 5.78 Å². The molecule has 23 heavy (non-hydrogen) atoms. The predicted molar refractivity (Wildman–Crippen MR) is 98.7 cm³/mol. The van der Waals surface area contributed by atoms with Crippen LogP contribution in [0.25, 0.3) is 22.3 Å². The zero-order valence-electron chi connectivity index (χ0n) is 13.9. The van der Waals surface area contributed by atoms with Gasteiger partial charge in [-0.2, -0.15) is 0 Å². The lowest BCUT2D eigenvalue weighted by molar-refractivity contribution is 0.101. The van der Waals surface area contributed by atoms with Crippen LogP contribution in [0.1, 0.15) is 31.1 Å². The molecule has 0 radical (unpaired) electrons. The van der Waals surface area contributed by atoms with Crippen LogP contribution in [0.2, 0.25) is 0 Å². The van der Waals surface area contributed by atoms with Crippen molar-refractivity contribution in [2.45, 2.75) is 20.8 Å². The van der Waals surface area contributed by atoms with E-state index < -0.39 is 0 Å². The molecule has 0 aliphatic heterocycles. The van der Waals surface area contributed by atoms with E-state index in [0.717, 1.165) is 16.7 Å². The molecule has 3 aromatic carbocycles. The zero-order valence-corrected chi connectivity index (χ0v) is 13.9. The van der Waals surface area contributed by atoms with Gasteiger partial charge in [-0.3, -0.25) is 4.79 Å². The van der Waals surface area contributed by atoms with Crippen LogP contribution in [0.4, 0.5) is 0 Å². The van der Waals surface area contributed by atoms with Gasteiger partial charge >= 0.3 is 0 Å². The predicted octanol–water partition coefficient (Wildman–Crippen LogP) is 6.25. The average molecular weight is 302 g/mol. The number of carbonyl (C=O) groups is 1. The molecular formula is C22H22O. The van der Waals surface area contributed by atoms with Crippen molar-refractivity contribution in [1.29, 1.82) is 0 Å². The second-order valence-electron chi connectivity index (χ2n) is 5.08. The van der Waals surface area contributed by atoms with Gasteiger partial charge in [0, 0.05) is 5.56 Å². The number of ketones is 1. The zero-order chi connectivity index (χ0) is 16.7. The van der Waals surface area contributed by atoms with Crippen molar-refractivity contribution in [1.82, 2.24) is 0 Å². The normalized spacial score (nSPS) is 9.70. The third-order valence-corrected chi connectivity index (χ3v) is 3.62. The van der Waals surface area contributed by atoms with Crippen molar-refractivity contribution in [2.75, 3.05) is 0 Å². The molecule has 1 heteroatoms. The van der Waals surface area contributed by atoms with Gasteiger partial charge in [-0.05, 0) is 29.2 Å². The lowest BCUT2D eigenvalue weighted by Gasteiger charge is -2.05. The van der Waals surface area contributed by atoms with Crippen molar-refractivity contribution in [3.63, 3.8) is 0 Å². The summed E-state index contributed by atoms with van der Waals surface area (Å²) >= 11 is 0. The van der Waals surface area contributed by atoms with Crippen molar-refractivity contribution < 1.29 is 4.79 Å². The summed E-state index contributed by atoms with van der Waals surface area (Å²) in [5, 5.41) is 0. The molecule has 0 aliphatic rings. The quantitative estimate of drug-likeness (QED) is 0.523. The van der Waals surface area contributed by atoms with Crippen molar-refractivity contribution in [3.8, 4) is 22.3 Å². The summed E-state index contributed by atoms with van der Waals surface area (Å²) in [6, 6.07) is 26.6. The number of Topliss-reactive ketones (excluding diaryl/α,β-unsaturated/α-hetero) is 1. The molecule has 0 unspecified atom stereocenters. The highest BCUT2D eigenvalue weighted by Gasteiger charge is 2.02. The molecule has 0 bridgehead atoms. The number of hydrogen-bond donors (Lipinski definition) is 0. The Morgan fingerprint density at radius 2 is 0.913 bits per heavy atom. The molecule has 0 saturated carbocycles. The fourth-order valence-corrected chi connectivity index (χ4v) is 2.38. The average Bonchev–Trinajstić information content (AvgIpc) is 2.64. The lowest BCUT2D eigenvalue weighted by atomic mass is 9.99. The highest BCUT2D eigenvalue weighted by molar-refractivity contribution is 5.94. The third-order valence-electron chi connectivity index (χ3n) is 3.62. The first-order chi connectivity index (χ1) is 11.2. The Bertz CT molecular complexity index is 738. The molecule has 0 N–H and O–H groups in total. The van der Waals surface area contributed by atoms with Gasteiger partial charge in [0.2, 0.25) is 0 Å². The topological polar surface area (TPSA) is 17.1 Å². The molecule has 116 valence electrons. The molecule has 1 nitrogen and oxygen atoms in total. The van der Waals surface area contributed by atoms with E-state index >= 15 is 0 Å². The van der Waals surface area contributed by atoms with Gasteiger partial charge in [-0.1, -0.05) is 92.7 Å². The SMILES string of the molecule is CC.CC(=O)c1ccc(-c2ccc(-c3ccccc3)cc2)cc1. The molecule has 0 saturated heterocycles. The summed E-state index contributed by atoms with van der Waals surface area (Å²) in [4.78, 5) is 11.3. The molecule has 0 aliphatic carbocycles. The monoisotopic (exact) mass is 302 g/mol. The molecule has 0 aromatic heterocycles. The number of carbonyl (C=O) groups excluding carboxylic acids is 1. The van der Waals surface area contributed by atoms with Crippen LogP contribution >= 0.6 is 0 Å². The van der Waals surface area contributed by atoms with Gasteiger partial charge in [-0.15, -0.1) is 0 Å². The molecule has 3 rings (SSSR count). The van der Waals surface area contributed by atoms with Crippen LogP contribution in [-0.4, -0.2) is 5.78 Å². The third kappa shape index (κ3) is 4.17. The first kappa shape index (κ1) is 16.7. The van der Waals surface area contributed by atoms with Crippen molar-refractivity contribution in [3.05, 3.63) is 84.4 Å². The second-order valence-corrected chi connectivity index (χ2v) is 5.08. The van der Waals surface area contributed by atoms with E-state index in [1.165, 1.54) is 11.1 Å². The van der Waals surface area contributed by atoms with E-state index in [1.807, 2.05) is 56.3 Å². The van der Waals surface area contributed by atoms with E-state index in [-0.39, 0.29) is 5.78 Å². The Kier molecular flexibility index (Phi) is 5.87. The fraction of sp³-hybridized carbons (Fsp3) is 0.136. The molecular weight excluding hydrogens is 280 g/mol. The van der Waals surface area contributed by atoms with Gasteiger partial charge < -0.3 is 0 Å². The minimum Gasteiger partial charge on any atom is -0.295 e. The van der Waals surface area contributed by atoms with Crippen LogP contribution in [0.5, 0.6) is 0 Å². The Balaban J connectivity index is 0.000000924. The second kappa shape index (κ2) is 8.09. The minimum absolute atomic E-state index is 0.0981. The summed E-state index contributed by atoms with van der Waals surface area (Å²) in [5.74, 6) is 0.0981. The van der Waals surface area contributed by atoms with E-state index in [0.29, 0.717) is 0 Å². The van der Waals surface area contributed by atoms with Gasteiger partial charge in [0.25, 0.3) is 0 Å². The summed E-state index contributed by atoms with van der Waals surface area (Å²) in [7, 11) is 0. The van der Waals surface area contributed by atoms with Gasteiger partial charge in [0.15, 0.2) is 5.78 Å². The Morgan fingerprint density at radius 3 is 1.30 bits per heavy atom. The van der Waals surface area contributed by atoms with E-state index in [1.54, 1.807) is 6.92 Å². The Hall–Kier alpha value is -2.67. The lowest BCUT2D eigenvalue weighted by Crippen LogP contribution is -1.90. The maximum absolute atomic E-state index is 11.3. The first-order valence-corrected chi connectivity index (χ1v) is 8.01. The summed E-state index contributed by atoms with van der Waals surface area (Å²) in [5.41, 5.74) is 5.46. The van der Waals surface area contributed by atoms with Crippen LogP contribution in [0.15, 0.2) is 78.9 Å². The molecule has 0 spiro atoms. The maximum Gasteiger partial charge on any atom is 0.159 e. The molecule has 0 amide bonds. The van der Waals surface area contributed by atoms with Gasteiger partial charge in [0.1, 0.15) is 0 Å². The highest BCUT2D eigenvalue weighted by Crippen LogP contribution is 2.25. The number of benzene rings is 3. The first-order valence-electron chi connectivity index (χ1n) is 8.01. The van der Waals surface area contributed by atoms with E-state index in [2.05, 4.69) is 36.4 Å². The number of rotatable bonds is 3. The molecule has 0 heterocycles. The highest BCUT2D eigenvalue weighted by atomic mass is 16.1. The summed E-state index contributed by atoms with van der Waals surface area (Å²) in [6.07, 6.45) is 0. The Labute approximate surface area is 138 Å². The largest absolute Gasteiger partial charge is 0.295 e. The molecule has 0 fully saturated rings. The molecule has 0 atom stereocenters. The van der Waals surface area contributed by atoms with Crippen LogP contribution in [-0.2, 0) is 0 Å². The summed E-state index contributed by atoms with van der Waals surface area (Å²) < 4.78 is 0. The van der Waals surface area contributed by atoms with E-state index in [4.69, 9.17) is 0 Å². The fourth-order valence-electron chi connectivity index (χ4n) is 2.38. The standard InChI is InChI=1S/C20H16O.C2H6/c1-15(21)16-7-9-19(10-8-16)20-13-11-18(12-14-20)17-5-3-2-4-6-17;1-2/h2-14H,1H3;1-2H3. The van der Waals surface area contributed by atoms with E-state index in [9.17, 15) is 4.79 Å². The molecule has 3 aromatic rings. The van der Waals surface area contributed by atoms with Gasteiger partial charge in [0.05, 0.1) is 0 Å². The van der Waals surface area contributed by atoms with Gasteiger partial charge in [-0.25, -0.2) is 0 Å². The van der Waals surface area contributed by atoms with Crippen molar-refractivity contribution in [2.24, 2.45) is 0 Å². The smallest absolute Gasteiger partial charge is 0.159 e. The Morgan fingerprint density at radius 1 is 0.565 bits per heavy atom. The van der Waals surface area contributed by atoms with Crippen LogP contribution < -0.4 is 0 Å². The summed E-state index contributed by atoms with van der Waals surface area (Å²) in [6.45, 7) is 5.59. The maximum atomic E-state index is 11.3. The number of hydrogen-bond acceptors (Lipinski definition) is 1.